The molecule has 0 fully saturated rings. The summed E-state index contributed by atoms with van der Waals surface area (Å²) in [5.41, 5.74) is 3.99. The average Bonchev–Trinajstić information content (AvgIpc) is 2.83. The van der Waals surface area contributed by atoms with Gasteiger partial charge in [0.2, 0.25) is 0 Å². The lowest BCUT2D eigenvalue weighted by Crippen LogP contribution is -2.35. The van der Waals surface area contributed by atoms with Crippen LogP contribution in [0.15, 0.2) is 66.7 Å². The Hall–Kier alpha value is -2.99. The Labute approximate surface area is 208 Å². The first-order valence-electron chi connectivity index (χ1n) is 12.5. The number of benzene rings is 3. The molecule has 184 valence electrons. The smallest absolute Gasteiger partial charge is 0.166 e. The van der Waals surface area contributed by atoms with Crippen LogP contribution >= 0.6 is 0 Å². The molecule has 3 heteroatoms. The lowest BCUT2D eigenvalue weighted by Gasteiger charge is -2.39. The van der Waals surface area contributed by atoms with E-state index in [0.29, 0.717) is 12.0 Å². The molecule has 0 N–H and O–H groups in total. The molecule has 0 heterocycles. The highest BCUT2D eigenvalue weighted by Gasteiger charge is 2.39. The van der Waals surface area contributed by atoms with Crippen LogP contribution in [-0.4, -0.2) is 0 Å². The molecule has 3 rings (SSSR count). The van der Waals surface area contributed by atoms with Crippen LogP contribution < -0.4 is 0 Å². The Kier molecular flexibility index (Phi) is 8.49. The molecule has 0 radical (unpaired) electrons. The third-order valence-corrected chi connectivity index (χ3v) is 7.20. The number of hydrogen-bond acceptors (Lipinski definition) is 0. The van der Waals surface area contributed by atoms with Crippen molar-refractivity contribution in [3.8, 4) is 23.5 Å². The lowest BCUT2D eigenvalue weighted by molar-refractivity contribution is -0.137. The molecule has 35 heavy (non-hydrogen) atoms. The summed E-state index contributed by atoms with van der Waals surface area (Å²) >= 11 is 0. The van der Waals surface area contributed by atoms with Crippen LogP contribution in [0, 0.1) is 25.2 Å². The van der Waals surface area contributed by atoms with Crippen LogP contribution in [0.2, 0.25) is 0 Å². The topological polar surface area (TPSA) is 0 Å². The van der Waals surface area contributed by atoms with Crippen LogP contribution in [0.1, 0.15) is 74.3 Å². The second-order valence-corrected chi connectivity index (χ2v) is 9.84. The van der Waals surface area contributed by atoms with Gasteiger partial charge in [0.25, 0.3) is 0 Å². The summed E-state index contributed by atoms with van der Waals surface area (Å²) in [6, 6.07) is 21.4. The number of rotatable bonds is 9. The summed E-state index contributed by atoms with van der Waals surface area (Å²) in [7, 11) is 0. The van der Waals surface area contributed by atoms with Crippen LogP contribution in [0.4, 0.5) is 13.2 Å². The minimum absolute atomic E-state index is 0.104. The number of halogens is 3. The second kappa shape index (κ2) is 11.2. The molecular weight excluding hydrogens is 441 g/mol. The molecule has 0 aliphatic rings. The highest BCUT2D eigenvalue weighted by molar-refractivity contribution is 5.64. The fourth-order valence-electron chi connectivity index (χ4n) is 5.25. The third kappa shape index (κ3) is 6.17. The van der Waals surface area contributed by atoms with Crippen molar-refractivity contribution < 1.29 is 13.2 Å². The Morgan fingerprint density at radius 2 is 1.51 bits per heavy atom. The van der Waals surface area contributed by atoms with Crippen molar-refractivity contribution in [2.24, 2.45) is 5.92 Å². The highest BCUT2D eigenvalue weighted by atomic mass is 19.4. The zero-order valence-electron chi connectivity index (χ0n) is 21.2. The molecule has 0 amide bonds. The molecule has 0 aliphatic carbocycles. The molecule has 1 atom stereocenters. The SMILES string of the molecule is C#Cc1ccc(C(C)(Cc2cccc(-c3ccc(C)cc3)c2)C(CCC)CCC)cc1C(F)(F)F. The maximum atomic E-state index is 13.9. The monoisotopic (exact) mass is 476 g/mol. The molecule has 0 bridgehead atoms. The normalized spacial score (nSPS) is 13.5. The lowest BCUT2D eigenvalue weighted by atomic mass is 9.65. The van der Waals surface area contributed by atoms with Gasteiger partial charge < -0.3 is 0 Å². The van der Waals surface area contributed by atoms with E-state index in [9.17, 15) is 13.2 Å². The van der Waals surface area contributed by atoms with E-state index in [4.69, 9.17) is 6.42 Å². The van der Waals surface area contributed by atoms with E-state index in [0.717, 1.165) is 42.4 Å². The van der Waals surface area contributed by atoms with Gasteiger partial charge in [-0.2, -0.15) is 13.2 Å². The summed E-state index contributed by atoms with van der Waals surface area (Å²) in [6.45, 7) is 8.48. The van der Waals surface area contributed by atoms with Crippen molar-refractivity contribution in [2.45, 2.75) is 71.4 Å². The predicted octanol–water partition coefficient (Wildman–Crippen LogP) is 9.38. The van der Waals surface area contributed by atoms with E-state index >= 15 is 0 Å². The Morgan fingerprint density at radius 3 is 2.09 bits per heavy atom. The fraction of sp³-hybridized carbons (Fsp3) is 0.375. The van der Waals surface area contributed by atoms with Gasteiger partial charge in [-0.05, 0) is 71.9 Å². The first-order chi connectivity index (χ1) is 16.6. The van der Waals surface area contributed by atoms with Gasteiger partial charge in [-0.3, -0.25) is 0 Å². The summed E-state index contributed by atoms with van der Waals surface area (Å²) in [5.74, 6) is 2.47. The maximum Gasteiger partial charge on any atom is 0.417 e. The molecule has 0 nitrogen and oxygen atoms in total. The summed E-state index contributed by atoms with van der Waals surface area (Å²) in [4.78, 5) is 0. The van der Waals surface area contributed by atoms with Crippen molar-refractivity contribution in [3.63, 3.8) is 0 Å². The van der Waals surface area contributed by atoms with Crippen LogP contribution in [0.3, 0.4) is 0 Å². The molecule has 0 aliphatic heterocycles. The van der Waals surface area contributed by atoms with Crippen molar-refractivity contribution >= 4 is 0 Å². The molecule has 3 aromatic rings. The van der Waals surface area contributed by atoms with Gasteiger partial charge in [0.15, 0.2) is 0 Å². The Bertz CT molecular complexity index is 1160. The second-order valence-electron chi connectivity index (χ2n) is 9.84. The third-order valence-electron chi connectivity index (χ3n) is 7.20. The average molecular weight is 477 g/mol. The van der Waals surface area contributed by atoms with Crippen molar-refractivity contribution in [1.82, 2.24) is 0 Å². The van der Waals surface area contributed by atoms with E-state index in [2.05, 4.69) is 76.1 Å². The van der Waals surface area contributed by atoms with E-state index in [1.165, 1.54) is 17.7 Å². The van der Waals surface area contributed by atoms with E-state index in [-0.39, 0.29) is 11.5 Å². The first-order valence-corrected chi connectivity index (χ1v) is 12.5. The quantitative estimate of drug-likeness (QED) is 0.270. The van der Waals surface area contributed by atoms with Crippen molar-refractivity contribution in [2.75, 3.05) is 0 Å². The van der Waals surface area contributed by atoms with Crippen LogP contribution in [0.5, 0.6) is 0 Å². The number of hydrogen-bond donors (Lipinski definition) is 0. The largest absolute Gasteiger partial charge is 0.417 e. The fourth-order valence-corrected chi connectivity index (χ4v) is 5.25. The number of alkyl halides is 3. The van der Waals surface area contributed by atoms with E-state index in [1.54, 1.807) is 0 Å². The van der Waals surface area contributed by atoms with Gasteiger partial charge in [-0.1, -0.05) is 99.7 Å². The Morgan fingerprint density at radius 1 is 0.857 bits per heavy atom. The van der Waals surface area contributed by atoms with E-state index < -0.39 is 17.2 Å². The maximum absolute atomic E-state index is 13.9. The molecule has 3 aromatic carbocycles. The highest BCUT2D eigenvalue weighted by Crippen LogP contribution is 2.43. The van der Waals surface area contributed by atoms with Crippen LogP contribution in [-0.2, 0) is 18.0 Å². The first kappa shape index (κ1) is 26.6. The predicted molar refractivity (Wildman–Crippen MR) is 140 cm³/mol. The van der Waals surface area contributed by atoms with Gasteiger partial charge in [0.05, 0.1) is 5.56 Å². The minimum Gasteiger partial charge on any atom is -0.166 e. The molecular formula is C32H35F3. The van der Waals surface area contributed by atoms with Crippen molar-refractivity contribution in [3.05, 3.63) is 94.5 Å². The van der Waals surface area contributed by atoms with E-state index in [1.807, 2.05) is 12.1 Å². The number of aryl methyl sites for hydroxylation is 1. The van der Waals surface area contributed by atoms with Crippen molar-refractivity contribution in [1.29, 1.82) is 0 Å². The molecule has 0 saturated heterocycles. The molecule has 1 unspecified atom stereocenters. The summed E-state index contributed by atoms with van der Waals surface area (Å²) < 4.78 is 41.7. The van der Waals surface area contributed by atoms with Crippen LogP contribution in [0.25, 0.3) is 11.1 Å². The van der Waals surface area contributed by atoms with Gasteiger partial charge in [0.1, 0.15) is 0 Å². The van der Waals surface area contributed by atoms with Gasteiger partial charge in [-0.25, -0.2) is 0 Å². The standard InChI is InChI=1S/C32H35F3/c1-6-10-28(11-7-2)31(5,29-19-18-25(8-3)30(21-29)32(33,34)35)22-24-12-9-13-27(20-24)26-16-14-23(4)15-17-26/h3,9,12-21,28H,6-7,10-11,22H2,1-2,4-5H3. The summed E-state index contributed by atoms with van der Waals surface area (Å²) in [6.07, 6.45) is 5.47. The zero-order valence-corrected chi connectivity index (χ0v) is 21.2. The number of terminal acetylenes is 1. The zero-order chi connectivity index (χ0) is 25.6. The van der Waals surface area contributed by atoms with Gasteiger partial charge >= 0.3 is 6.18 Å². The molecule has 0 saturated carbocycles. The van der Waals surface area contributed by atoms with Gasteiger partial charge in [-0.15, -0.1) is 6.42 Å². The summed E-state index contributed by atoms with van der Waals surface area (Å²) in [5, 5.41) is 0. The molecule has 0 spiro atoms. The molecule has 0 aromatic heterocycles. The minimum atomic E-state index is -4.49. The van der Waals surface area contributed by atoms with Gasteiger partial charge in [0, 0.05) is 5.56 Å². The Balaban J connectivity index is 2.12.